The second-order valence-corrected chi connectivity index (χ2v) is 10.6. The molecule has 1 aromatic heterocycles. The predicted molar refractivity (Wildman–Crippen MR) is 154 cm³/mol. The van der Waals surface area contributed by atoms with Crippen LogP contribution in [0.25, 0.3) is 0 Å². The zero-order chi connectivity index (χ0) is 28.3. The van der Waals surface area contributed by atoms with Gasteiger partial charge in [0, 0.05) is 18.3 Å². The van der Waals surface area contributed by atoms with Crippen molar-refractivity contribution >= 4 is 16.9 Å². The van der Waals surface area contributed by atoms with Gasteiger partial charge in [-0.15, -0.1) is 0 Å². The van der Waals surface area contributed by atoms with Crippen LogP contribution >= 0.6 is 0 Å². The van der Waals surface area contributed by atoms with E-state index in [4.69, 9.17) is 4.74 Å². The molecule has 4 aromatic rings. The van der Waals surface area contributed by atoms with Gasteiger partial charge in [0.2, 0.25) is 0 Å². The van der Waals surface area contributed by atoms with Crippen LogP contribution in [0.4, 0.5) is 0 Å². The summed E-state index contributed by atoms with van der Waals surface area (Å²) in [5.74, 6) is 0.303. The van der Waals surface area contributed by atoms with E-state index in [-0.39, 0.29) is 0 Å². The van der Waals surface area contributed by atoms with Crippen molar-refractivity contribution in [2.75, 3.05) is 13.2 Å². The quantitative estimate of drug-likeness (QED) is 0.228. The van der Waals surface area contributed by atoms with E-state index in [1.54, 1.807) is 79.0 Å². The molecule has 0 fully saturated rings. The van der Waals surface area contributed by atoms with Crippen LogP contribution in [0.5, 0.6) is 5.75 Å². The molecule has 0 saturated carbocycles. The Labute approximate surface area is 236 Å². The van der Waals surface area contributed by atoms with E-state index in [1.807, 2.05) is 35.5 Å². The van der Waals surface area contributed by atoms with Crippen LogP contribution in [0.3, 0.4) is 0 Å². The number of nitrogens with one attached hydrogen (secondary N) is 1. The van der Waals surface area contributed by atoms with E-state index in [0.29, 0.717) is 41.5 Å². The summed E-state index contributed by atoms with van der Waals surface area (Å²) in [6, 6.07) is 27.8. The van der Waals surface area contributed by atoms with Crippen molar-refractivity contribution in [2.45, 2.75) is 37.1 Å². The number of aliphatic hydroxyl groups is 2. The van der Waals surface area contributed by atoms with Crippen LogP contribution in [0, 0.1) is 0 Å². The molecule has 0 radical (unpaired) electrons. The summed E-state index contributed by atoms with van der Waals surface area (Å²) in [7, 11) is -1.48. The first-order chi connectivity index (χ1) is 19.5. The first-order valence-electron chi connectivity index (χ1n) is 13.0. The fraction of sp³-hybridized carbons (Fsp3) is 0.226. The lowest BCUT2D eigenvalue weighted by atomic mass is 10.0. The van der Waals surface area contributed by atoms with E-state index >= 15 is 0 Å². The molecule has 4 rings (SSSR count). The Balaban J connectivity index is 1.47. The predicted octanol–water partition coefficient (Wildman–Crippen LogP) is 4.03. The van der Waals surface area contributed by atoms with Gasteiger partial charge in [-0.2, -0.15) is 0 Å². The molecule has 3 unspecified atom stereocenters. The number of benzene rings is 3. The molecule has 9 heteroatoms. The minimum absolute atomic E-state index is 0.351. The van der Waals surface area contributed by atoms with E-state index in [2.05, 4.69) is 10.3 Å². The van der Waals surface area contributed by atoms with Gasteiger partial charge >= 0.3 is 0 Å². The van der Waals surface area contributed by atoms with Crippen LogP contribution < -0.4 is 10.1 Å². The molecule has 208 valence electrons. The number of hydrogen-bond acceptors (Lipinski definition) is 6. The molecule has 3 N–H and O–H groups in total. The SMILES string of the molecule is CCOc1ccc(S(=O)N(Cc2ccc(C(=O)NC(CO)C(O)c3ccccc3)cc2)Cc2ccccn2)cc1. The van der Waals surface area contributed by atoms with Crippen molar-refractivity contribution in [3.8, 4) is 5.75 Å². The maximum absolute atomic E-state index is 13.6. The number of nitrogens with zero attached hydrogens (tertiary/aromatic N) is 2. The maximum Gasteiger partial charge on any atom is 0.251 e. The number of hydrogen-bond donors (Lipinski definition) is 3. The number of ether oxygens (including phenoxy) is 1. The molecular weight excluding hydrogens is 526 g/mol. The second kappa shape index (κ2) is 14.5. The van der Waals surface area contributed by atoms with Gasteiger partial charge in [-0.25, -0.2) is 8.51 Å². The number of carbonyl (C=O) groups excluding carboxylic acids is 1. The van der Waals surface area contributed by atoms with Gasteiger partial charge in [0.25, 0.3) is 5.91 Å². The Morgan fingerprint density at radius 3 is 2.27 bits per heavy atom. The zero-order valence-electron chi connectivity index (χ0n) is 22.2. The Bertz CT molecular complexity index is 1370. The standard InChI is InChI=1S/C31H33N3O5S/c1-2-39-27-15-17-28(18-16-27)40(38)34(21-26-10-6-7-19-32-26)20-23-11-13-25(14-12-23)31(37)33-29(22-35)30(36)24-8-4-3-5-9-24/h3-19,29-30,35-36H,2,20-22H2,1H3,(H,33,37). The van der Waals surface area contributed by atoms with Gasteiger partial charge in [0.1, 0.15) is 22.8 Å². The summed E-state index contributed by atoms with van der Waals surface area (Å²) in [6.07, 6.45) is 0.655. The molecule has 0 aliphatic heterocycles. The summed E-state index contributed by atoms with van der Waals surface area (Å²) in [5, 5.41) is 23.1. The first-order valence-corrected chi connectivity index (χ1v) is 14.1. The number of rotatable bonds is 13. The normalized spacial score (nSPS) is 13.4. The Morgan fingerprint density at radius 1 is 0.950 bits per heavy atom. The van der Waals surface area contributed by atoms with E-state index in [9.17, 15) is 19.2 Å². The number of amides is 1. The van der Waals surface area contributed by atoms with Crippen molar-refractivity contribution in [1.29, 1.82) is 0 Å². The van der Waals surface area contributed by atoms with Crippen LogP contribution in [-0.2, 0) is 24.1 Å². The van der Waals surface area contributed by atoms with Crippen molar-refractivity contribution < 1.29 is 24.0 Å². The highest BCUT2D eigenvalue weighted by atomic mass is 32.2. The number of aliphatic hydroxyl groups excluding tert-OH is 2. The van der Waals surface area contributed by atoms with Gasteiger partial charge in [-0.3, -0.25) is 9.78 Å². The van der Waals surface area contributed by atoms with Crippen LogP contribution in [0.15, 0.2) is 108 Å². The van der Waals surface area contributed by atoms with E-state index < -0.39 is 35.6 Å². The third kappa shape index (κ3) is 7.83. The molecule has 0 bridgehead atoms. The summed E-state index contributed by atoms with van der Waals surface area (Å²) in [4.78, 5) is 17.9. The third-order valence-corrected chi connectivity index (χ3v) is 7.65. The smallest absolute Gasteiger partial charge is 0.251 e. The maximum atomic E-state index is 13.6. The monoisotopic (exact) mass is 559 g/mol. The molecule has 3 aromatic carbocycles. The fourth-order valence-corrected chi connectivity index (χ4v) is 5.32. The van der Waals surface area contributed by atoms with Crippen molar-refractivity contribution in [3.05, 3.63) is 126 Å². The lowest BCUT2D eigenvalue weighted by Crippen LogP contribution is -2.42. The second-order valence-electron chi connectivity index (χ2n) is 9.09. The molecule has 0 spiro atoms. The number of carbonyl (C=O) groups is 1. The molecule has 8 nitrogen and oxygen atoms in total. The minimum Gasteiger partial charge on any atom is -0.494 e. The van der Waals surface area contributed by atoms with E-state index in [1.165, 1.54) is 0 Å². The summed E-state index contributed by atoms with van der Waals surface area (Å²) in [6.45, 7) is 2.76. The van der Waals surface area contributed by atoms with Crippen LogP contribution in [-0.4, -0.2) is 48.9 Å². The molecule has 1 amide bonds. The molecule has 3 atom stereocenters. The van der Waals surface area contributed by atoms with E-state index in [0.717, 1.165) is 11.3 Å². The molecule has 0 aliphatic carbocycles. The highest BCUT2D eigenvalue weighted by Gasteiger charge is 2.23. The molecule has 0 saturated heterocycles. The summed E-state index contributed by atoms with van der Waals surface area (Å²) >= 11 is 0. The molecule has 40 heavy (non-hydrogen) atoms. The van der Waals surface area contributed by atoms with Gasteiger partial charge in [0.05, 0.1) is 36.4 Å². The Hall–Kier alpha value is -3.89. The average Bonchev–Trinajstić information content (AvgIpc) is 3.00. The van der Waals surface area contributed by atoms with Crippen LogP contribution in [0.1, 0.15) is 40.2 Å². The Kier molecular flexibility index (Phi) is 10.5. The third-order valence-electron chi connectivity index (χ3n) is 6.25. The van der Waals surface area contributed by atoms with Crippen molar-refractivity contribution in [1.82, 2.24) is 14.6 Å². The highest BCUT2D eigenvalue weighted by Crippen LogP contribution is 2.21. The fourth-order valence-electron chi connectivity index (χ4n) is 4.14. The highest BCUT2D eigenvalue weighted by molar-refractivity contribution is 7.82. The lowest BCUT2D eigenvalue weighted by molar-refractivity contribution is 0.0703. The van der Waals surface area contributed by atoms with Gasteiger partial charge in [0.15, 0.2) is 0 Å². The average molecular weight is 560 g/mol. The van der Waals surface area contributed by atoms with Gasteiger partial charge in [-0.1, -0.05) is 48.5 Å². The number of pyridine rings is 1. The van der Waals surface area contributed by atoms with Crippen molar-refractivity contribution in [2.24, 2.45) is 0 Å². The summed E-state index contributed by atoms with van der Waals surface area (Å²) in [5.41, 5.74) is 2.62. The molecule has 0 aliphatic rings. The largest absolute Gasteiger partial charge is 0.494 e. The topological polar surface area (TPSA) is 112 Å². The minimum atomic E-state index is -1.48. The zero-order valence-corrected chi connectivity index (χ0v) is 23.0. The lowest BCUT2D eigenvalue weighted by Gasteiger charge is -2.23. The summed E-state index contributed by atoms with van der Waals surface area (Å²) < 4.78 is 20.9. The van der Waals surface area contributed by atoms with Crippen molar-refractivity contribution in [3.63, 3.8) is 0 Å². The van der Waals surface area contributed by atoms with Gasteiger partial charge < -0.3 is 20.3 Å². The van der Waals surface area contributed by atoms with Crippen LogP contribution in [0.2, 0.25) is 0 Å². The molecule has 1 heterocycles. The van der Waals surface area contributed by atoms with Gasteiger partial charge in [-0.05, 0) is 66.6 Å². The molecular formula is C31H33N3O5S. The Morgan fingerprint density at radius 2 is 1.65 bits per heavy atom. The number of aromatic nitrogens is 1. The first kappa shape index (κ1) is 29.1.